The predicted octanol–water partition coefficient (Wildman–Crippen LogP) is 4.83. The van der Waals surface area contributed by atoms with Gasteiger partial charge in [0.25, 0.3) is 0 Å². The number of hydrogen-bond donors (Lipinski definition) is 1. The van der Waals surface area contributed by atoms with Crippen molar-refractivity contribution in [1.29, 1.82) is 0 Å². The molecule has 106 valence electrons. The van der Waals surface area contributed by atoms with Crippen molar-refractivity contribution in [3.05, 3.63) is 50.4 Å². The summed E-state index contributed by atoms with van der Waals surface area (Å²) in [6.45, 7) is 1.67. The first-order valence-corrected chi connectivity index (χ1v) is 6.62. The van der Waals surface area contributed by atoms with Gasteiger partial charge in [-0.2, -0.15) is 0 Å². The monoisotopic (exact) mass is 334 g/mol. The largest absolute Gasteiger partial charge is 0.484 e. The topological polar surface area (TPSA) is 59.7 Å². The van der Waals surface area contributed by atoms with E-state index in [0.717, 1.165) is 0 Å². The average molecular weight is 336 g/mol. The molecule has 0 aliphatic rings. The van der Waals surface area contributed by atoms with Gasteiger partial charge in [0, 0.05) is 11.6 Å². The van der Waals surface area contributed by atoms with E-state index in [9.17, 15) is 4.79 Å². The minimum atomic E-state index is -1.12. The third kappa shape index (κ3) is 3.20. The zero-order valence-corrected chi connectivity index (χ0v) is 12.5. The average Bonchev–Trinajstić information content (AvgIpc) is 2.74. The van der Waals surface area contributed by atoms with Crippen molar-refractivity contribution in [2.75, 3.05) is 0 Å². The summed E-state index contributed by atoms with van der Waals surface area (Å²) in [6, 6.07) is 4.55. The summed E-state index contributed by atoms with van der Waals surface area (Å²) in [5.41, 5.74) is 0.524. The maximum atomic E-state index is 10.9. The molecule has 7 heteroatoms. The Morgan fingerprint density at radius 1 is 1.20 bits per heavy atom. The van der Waals surface area contributed by atoms with Crippen molar-refractivity contribution in [3.63, 3.8) is 0 Å². The molecule has 0 saturated carbocycles. The van der Waals surface area contributed by atoms with Crippen LogP contribution in [0.3, 0.4) is 0 Å². The molecule has 0 fully saturated rings. The molecular formula is C13H9Cl3O4. The minimum absolute atomic E-state index is 0.0335. The maximum absolute atomic E-state index is 10.9. The Morgan fingerprint density at radius 2 is 1.85 bits per heavy atom. The van der Waals surface area contributed by atoms with E-state index in [0.29, 0.717) is 32.1 Å². The summed E-state index contributed by atoms with van der Waals surface area (Å²) in [5.74, 6) is -0.515. The molecule has 2 rings (SSSR count). The molecule has 0 unspecified atom stereocenters. The highest BCUT2D eigenvalue weighted by molar-refractivity contribution is 6.43. The summed E-state index contributed by atoms with van der Waals surface area (Å²) < 4.78 is 10.6. The van der Waals surface area contributed by atoms with Crippen LogP contribution in [0.15, 0.2) is 22.6 Å². The lowest BCUT2D eigenvalue weighted by Crippen LogP contribution is -1.96. The Bertz CT molecular complexity index is 664. The van der Waals surface area contributed by atoms with Crippen molar-refractivity contribution in [3.8, 4) is 5.75 Å². The number of aryl methyl sites for hydroxylation is 1. The Morgan fingerprint density at radius 3 is 2.45 bits per heavy atom. The number of benzene rings is 1. The molecule has 1 N–H and O–H groups in total. The number of furan rings is 1. The highest BCUT2D eigenvalue weighted by atomic mass is 35.5. The highest BCUT2D eigenvalue weighted by Crippen LogP contribution is 2.34. The van der Waals surface area contributed by atoms with Gasteiger partial charge in [-0.15, -0.1) is 0 Å². The van der Waals surface area contributed by atoms with Gasteiger partial charge >= 0.3 is 5.97 Å². The van der Waals surface area contributed by atoms with Crippen molar-refractivity contribution < 1.29 is 19.1 Å². The second-order valence-electron chi connectivity index (χ2n) is 4.02. The number of rotatable bonds is 4. The zero-order chi connectivity index (χ0) is 14.9. The number of carboxylic acid groups (broad SMARTS) is 1. The lowest BCUT2D eigenvalue weighted by atomic mass is 10.3. The number of hydrogen-bond acceptors (Lipinski definition) is 3. The molecule has 0 spiro atoms. The molecule has 0 amide bonds. The molecule has 0 bridgehead atoms. The standard InChI is InChI=1S/C13H9Cl3O4/c1-6-2-7(20-12(6)13(17)18)5-19-11-4-9(15)8(14)3-10(11)16/h2-4H,5H2,1H3,(H,17,18). The van der Waals surface area contributed by atoms with Gasteiger partial charge in [-0.3, -0.25) is 0 Å². The Hall–Kier alpha value is -1.36. The highest BCUT2D eigenvalue weighted by Gasteiger charge is 2.15. The lowest BCUT2D eigenvalue weighted by molar-refractivity contribution is 0.0657. The molecule has 1 aromatic carbocycles. The van der Waals surface area contributed by atoms with E-state index >= 15 is 0 Å². The fourth-order valence-electron chi connectivity index (χ4n) is 1.60. The number of ether oxygens (including phenoxy) is 1. The fourth-order valence-corrected chi connectivity index (χ4v) is 2.19. The number of carboxylic acids is 1. The van der Waals surface area contributed by atoms with Gasteiger partial charge in [0.05, 0.1) is 15.1 Å². The van der Waals surface area contributed by atoms with Crippen LogP contribution in [0.25, 0.3) is 0 Å². The van der Waals surface area contributed by atoms with E-state index in [1.165, 1.54) is 12.1 Å². The minimum Gasteiger partial charge on any atom is -0.484 e. The van der Waals surface area contributed by atoms with Gasteiger partial charge < -0.3 is 14.3 Å². The summed E-state index contributed by atoms with van der Waals surface area (Å²) in [5, 5.41) is 9.83. The van der Waals surface area contributed by atoms with Crippen LogP contribution in [-0.4, -0.2) is 11.1 Å². The van der Waals surface area contributed by atoms with Gasteiger partial charge in [0.15, 0.2) is 0 Å². The van der Waals surface area contributed by atoms with Crippen LogP contribution in [0.4, 0.5) is 0 Å². The SMILES string of the molecule is Cc1cc(COc2cc(Cl)c(Cl)cc2Cl)oc1C(=O)O. The molecule has 0 radical (unpaired) electrons. The lowest BCUT2D eigenvalue weighted by Gasteiger charge is -2.07. The Balaban J connectivity index is 2.15. The molecule has 0 aliphatic carbocycles. The van der Waals surface area contributed by atoms with E-state index in [4.69, 9.17) is 49.1 Å². The number of carbonyl (C=O) groups is 1. The first-order chi connectivity index (χ1) is 9.38. The maximum Gasteiger partial charge on any atom is 0.372 e. The van der Waals surface area contributed by atoms with Crippen LogP contribution in [-0.2, 0) is 6.61 Å². The van der Waals surface area contributed by atoms with Crippen LogP contribution in [0.2, 0.25) is 15.1 Å². The van der Waals surface area contributed by atoms with Crippen molar-refractivity contribution in [2.45, 2.75) is 13.5 Å². The second-order valence-corrected chi connectivity index (χ2v) is 5.24. The Labute approximate surface area is 129 Å². The van der Waals surface area contributed by atoms with Crippen molar-refractivity contribution in [2.24, 2.45) is 0 Å². The van der Waals surface area contributed by atoms with Crippen molar-refractivity contribution in [1.82, 2.24) is 0 Å². The normalized spacial score (nSPS) is 10.6. The molecule has 0 saturated heterocycles. The number of halogens is 3. The first kappa shape index (κ1) is 15.0. The Kier molecular flexibility index (Phi) is 4.48. The molecule has 1 heterocycles. The number of aromatic carboxylic acids is 1. The third-order valence-corrected chi connectivity index (χ3v) is 3.53. The summed E-state index contributed by atoms with van der Waals surface area (Å²) in [6.07, 6.45) is 0. The summed E-state index contributed by atoms with van der Waals surface area (Å²) in [4.78, 5) is 10.9. The van der Waals surface area contributed by atoms with Gasteiger partial charge in [-0.05, 0) is 19.1 Å². The molecule has 4 nitrogen and oxygen atoms in total. The molecule has 2 aromatic rings. The zero-order valence-electron chi connectivity index (χ0n) is 10.2. The predicted molar refractivity (Wildman–Crippen MR) is 76.2 cm³/mol. The van der Waals surface area contributed by atoms with Gasteiger partial charge in [-0.25, -0.2) is 4.79 Å². The van der Waals surface area contributed by atoms with E-state index < -0.39 is 5.97 Å². The van der Waals surface area contributed by atoms with Crippen LogP contribution < -0.4 is 4.74 Å². The van der Waals surface area contributed by atoms with Gasteiger partial charge in [0.1, 0.15) is 18.1 Å². The van der Waals surface area contributed by atoms with E-state index in [-0.39, 0.29) is 12.4 Å². The summed E-state index contributed by atoms with van der Waals surface area (Å²) in [7, 11) is 0. The van der Waals surface area contributed by atoms with Crippen LogP contribution >= 0.6 is 34.8 Å². The summed E-state index contributed by atoms with van der Waals surface area (Å²) >= 11 is 17.6. The molecule has 0 atom stereocenters. The molecule has 20 heavy (non-hydrogen) atoms. The molecule has 0 aliphatic heterocycles. The van der Waals surface area contributed by atoms with Crippen LogP contribution in [0, 0.1) is 6.92 Å². The first-order valence-electron chi connectivity index (χ1n) is 5.48. The second kappa shape index (κ2) is 5.95. The van der Waals surface area contributed by atoms with Gasteiger partial charge in [-0.1, -0.05) is 34.8 Å². The molecular weight excluding hydrogens is 326 g/mol. The van der Waals surface area contributed by atoms with Crippen LogP contribution in [0.5, 0.6) is 5.75 Å². The third-order valence-electron chi connectivity index (χ3n) is 2.51. The van der Waals surface area contributed by atoms with E-state index in [1.54, 1.807) is 13.0 Å². The van der Waals surface area contributed by atoms with Gasteiger partial charge in [0.2, 0.25) is 5.76 Å². The van der Waals surface area contributed by atoms with Crippen molar-refractivity contribution >= 4 is 40.8 Å². The van der Waals surface area contributed by atoms with E-state index in [2.05, 4.69) is 0 Å². The van der Waals surface area contributed by atoms with Crippen LogP contribution in [0.1, 0.15) is 21.9 Å². The fraction of sp³-hybridized carbons (Fsp3) is 0.154. The quantitative estimate of drug-likeness (QED) is 0.813. The molecule has 1 aromatic heterocycles. The van der Waals surface area contributed by atoms with E-state index in [1.807, 2.05) is 0 Å². The smallest absolute Gasteiger partial charge is 0.372 e.